The average molecular weight is 442 g/mol. The van der Waals surface area contributed by atoms with Gasteiger partial charge in [-0.3, -0.25) is 4.98 Å². The number of nitrogens with one attached hydrogen (secondary N) is 1. The first-order valence-electron chi connectivity index (χ1n) is 11.0. The summed E-state index contributed by atoms with van der Waals surface area (Å²) in [6.45, 7) is 7.97. The Labute approximate surface area is 186 Å². The predicted octanol–water partition coefficient (Wildman–Crippen LogP) is 4.89. The summed E-state index contributed by atoms with van der Waals surface area (Å²) in [6, 6.07) is 6.77. The van der Waals surface area contributed by atoms with Crippen LogP contribution in [0.25, 0.3) is 10.9 Å². The third-order valence-corrected chi connectivity index (χ3v) is 6.27. The van der Waals surface area contributed by atoms with E-state index in [1.165, 1.54) is 6.07 Å². The van der Waals surface area contributed by atoms with E-state index in [1.54, 1.807) is 13.0 Å². The molecule has 1 aliphatic rings. The van der Waals surface area contributed by atoms with E-state index in [0.717, 1.165) is 60.7 Å². The van der Waals surface area contributed by atoms with Crippen molar-refractivity contribution in [2.75, 3.05) is 23.3 Å². The van der Waals surface area contributed by atoms with Crippen molar-refractivity contribution < 1.29 is 13.9 Å². The summed E-state index contributed by atoms with van der Waals surface area (Å²) in [5, 5.41) is 22.6. The van der Waals surface area contributed by atoms with Gasteiger partial charge in [0.05, 0.1) is 35.2 Å². The van der Waals surface area contributed by atoms with Gasteiger partial charge < -0.3 is 15.3 Å². The molecule has 170 valence electrons. The molecule has 4 rings (SSSR count). The van der Waals surface area contributed by atoms with Crippen LogP contribution in [0.2, 0.25) is 0 Å². The number of halogens is 2. The highest BCUT2D eigenvalue weighted by Gasteiger charge is 2.28. The van der Waals surface area contributed by atoms with Crippen molar-refractivity contribution in [3.63, 3.8) is 0 Å². The molecule has 1 aromatic carbocycles. The Morgan fingerprint density at radius 1 is 1.19 bits per heavy atom. The van der Waals surface area contributed by atoms with Gasteiger partial charge in [0.15, 0.2) is 5.82 Å². The molecule has 0 unspecified atom stereocenters. The van der Waals surface area contributed by atoms with Gasteiger partial charge in [-0.15, -0.1) is 5.10 Å². The molecular formula is C24H29F2N5O. The first-order valence-corrected chi connectivity index (χ1v) is 11.0. The van der Waals surface area contributed by atoms with E-state index < -0.39 is 5.92 Å². The van der Waals surface area contributed by atoms with Gasteiger partial charge in [0.1, 0.15) is 0 Å². The predicted molar refractivity (Wildman–Crippen MR) is 122 cm³/mol. The average Bonchev–Trinajstić information content (AvgIpc) is 2.75. The normalized spacial score (nSPS) is 16.4. The van der Waals surface area contributed by atoms with Crippen molar-refractivity contribution >= 4 is 22.4 Å². The Bertz CT molecular complexity index is 1120. The summed E-state index contributed by atoms with van der Waals surface area (Å²) >= 11 is 0. The molecule has 0 spiro atoms. The van der Waals surface area contributed by atoms with Gasteiger partial charge in [0.2, 0.25) is 0 Å². The zero-order chi connectivity index (χ0) is 23.0. The summed E-state index contributed by atoms with van der Waals surface area (Å²) in [4.78, 5) is 6.84. The SMILES string of the molecule is Cc1c([C@@H](C)Nc2nnc(C)c3ncc(N4CCC(O)CC4)cc23)cccc1C(C)(F)F. The van der Waals surface area contributed by atoms with Crippen molar-refractivity contribution in [1.82, 2.24) is 15.2 Å². The van der Waals surface area contributed by atoms with Crippen LogP contribution in [-0.4, -0.2) is 39.5 Å². The van der Waals surface area contributed by atoms with E-state index in [-0.39, 0.29) is 17.7 Å². The fraction of sp³-hybridized carbons (Fsp3) is 0.458. The second kappa shape index (κ2) is 8.58. The highest BCUT2D eigenvalue weighted by molar-refractivity contribution is 5.92. The topological polar surface area (TPSA) is 74.2 Å². The van der Waals surface area contributed by atoms with Crippen LogP contribution in [0.3, 0.4) is 0 Å². The maximum absolute atomic E-state index is 14.0. The molecule has 0 saturated carbocycles. The number of anilines is 2. The molecule has 2 N–H and O–H groups in total. The van der Waals surface area contributed by atoms with E-state index >= 15 is 0 Å². The molecule has 2 aromatic heterocycles. The van der Waals surface area contributed by atoms with Crippen LogP contribution >= 0.6 is 0 Å². The summed E-state index contributed by atoms with van der Waals surface area (Å²) < 4.78 is 28.0. The minimum absolute atomic E-state index is 0.0275. The fourth-order valence-electron chi connectivity index (χ4n) is 4.43. The molecule has 0 amide bonds. The molecule has 0 bridgehead atoms. The molecule has 1 fully saturated rings. The fourth-order valence-corrected chi connectivity index (χ4v) is 4.43. The van der Waals surface area contributed by atoms with Crippen LogP contribution in [0, 0.1) is 13.8 Å². The standard InChI is InChI=1S/C24H29F2N5O/c1-14-19(6-5-7-21(14)24(4,25)26)15(2)28-23-20-12-17(31-10-8-18(32)9-11-31)13-27-22(20)16(3)29-30-23/h5-7,12-13,15,18,32H,8-11H2,1-4H3,(H,28,30)/t15-/m1/s1. The number of aryl methyl sites for hydroxylation is 1. The number of fused-ring (bicyclic) bond motifs is 1. The van der Waals surface area contributed by atoms with Crippen molar-refractivity contribution in [3.05, 3.63) is 52.8 Å². The van der Waals surface area contributed by atoms with Gasteiger partial charge in [0, 0.05) is 31.0 Å². The Hall–Kier alpha value is -2.87. The highest BCUT2D eigenvalue weighted by Crippen LogP contribution is 2.35. The smallest absolute Gasteiger partial charge is 0.270 e. The minimum atomic E-state index is -2.91. The van der Waals surface area contributed by atoms with Crippen molar-refractivity contribution in [3.8, 4) is 0 Å². The molecule has 3 heterocycles. The van der Waals surface area contributed by atoms with E-state index in [0.29, 0.717) is 11.4 Å². The molecule has 1 aliphatic heterocycles. The van der Waals surface area contributed by atoms with Crippen LogP contribution in [0.15, 0.2) is 30.5 Å². The molecule has 0 radical (unpaired) electrons. The summed E-state index contributed by atoms with van der Waals surface area (Å²) in [5.41, 5.74) is 3.82. The number of benzene rings is 1. The van der Waals surface area contributed by atoms with Gasteiger partial charge in [-0.1, -0.05) is 18.2 Å². The molecule has 0 aliphatic carbocycles. The summed E-state index contributed by atoms with van der Waals surface area (Å²) in [5.74, 6) is -2.34. The molecule has 32 heavy (non-hydrogen) atoms. The number of rotatable bonds is 5. The van der Waals surface area contributed by atoms with Gasteiger partial charge >= 0.3 is 0 Å². The van der Waals surface area contributed by atoms with Crippen molar-refractivity contribution in [2.45, 2.75) is 58.6 Å². The molecule has 8 heteroatoms. The zero-order valence-corrected chi connectivity index (χ0v) is 18.9. The van der Waals surface area contributed by atoms with Crippen LogP contribution in [0.1, 0.15) is 55.1 Å². The number of nitrogens with zero attached hydrogens (tertiary/aromatic N) is 4. The van der Waals surface area contributed by atoms with Gasteiger partial charge in [-0.2, -0.15) is 5.10 Å². The number of alkyl halides is 2. The lowest BCUT2D eigenvalue weighted by Crippen LogP contribution is -2.35. The van der Waals surface area contributed by atoms with Crippen LogP contribution in [0.5, 0.6) is 0 Å². The Balaban J connectivity index is 1.69. The molecular weight excluding hydrogens is 412 g/mol. The zero-order valence-electron chi connectivity index (χ0n) is 18.9. The largest absolute Gasteiger partial charge is 0.393 e. The first kappa shape index (κ1) is 22.3. The van der Waals surface area contributed by atoms with Gasteiger partial charge in [0.25, 0.3) is 5.92 Å². The number of hydrogen-bond donors (Lipinski definition) is 2. The summed E-state index contributed by atoms with van der Waals surface area (Å²) in [6.07, 6.45) is 3.04. The number of pyridine rings is 1. The number of aliphatic hydroxyl groups excluding tert-OH is 1. The number of aromatic nitrogens is 3. The lowest BCUT2D eigenvalue weighted by atomic mass is 9.94. The third kappa shape index (κ3) is 4.37. The second-order valence-electron chi connectivity index (χ2n) is 8.72. The number of aliphatic hydroxyl groups is 1. The van der Waals surface area contributed by atoms with E-state index in [9.17, 15) is 13.9 Å². The van der Waals surface area contributed by atoms with Crippen LogP contribution in [0.4, 0.5) is 20.3 Å². The van der Waals surface area contributed by atoms with E-state index in [2.05, 4.69) is 25.4 Å². The number of hydrogen-bond acceptors (Lipinski definition) is 6. The van der Waals surface area contributed by atoms with E-state index in [1.807, 2.05) is 32.2 Å². The monoisotopic (exact) mass is 441 g/mol. The van der Waals surface area contributed by atoms with Crippen LogP contribution in [-0.2, 0) is 5.92 Å². The van der Waals surface area contributed by atoms with Gasteiger partial charge in [-0.05, 0) is 50.8 Å². The number of piperidine rings is 1. The maximum atomic E-state index is 14.0. The molecule has 6 nitrogen and oxygen atoms in total. The molecule has 1 saturated heterocycles. The van der Waals surface area contributed by atoms with Crippen LogP contribution < -0.4 is 10.2 Å². The highest BCUT2D eigenvalue weighted by atomic mass is 19.3. The minimum Gasteiger partial charge on any atom is -0.393 e. The maximum Gasteiger partial charge on any atom is 0.270 e. The van der Waals surface area contributed by atoms with Crippen molar-refractivity contribution in [2.24, 2.45) is 0 Å². The van der Waals surface area contributed by atoms with Gasteiger partial charge in [-0.25, -0.2) is 8.78 Å². The lowest BCUT2D eigenvalue weighted by molar-refractivity contribution is 0.0167. The molecule has 1 atom stereocenters. The molecule has 3 aromatic rings. The first-order chi connectivity index (χ1) is 15.1. The Kier molecular flexibility index (Phi) is 5.99. The Morgan fingerprint density at radius 2 is 1.91 bits per heavy atom. The third-order valence-electron chi connectivity index (χ3n) is 6.27. The summed E-state index contributed by atoms with van der Waals surface area (Å²) in [7, 11) is 0. The van der Waals surface area contributed by atoms with Crippen molar-refractivity contribution in [1.29, 1.82) is 0 Å². The quantitative estimate of drug-likeness (QED) is 0.587. The lowest BCUT2D eigenvalue weighted by Gasteiger charge is -2.31. The Morgan fingerprint density at radius 3 is 2.59 bits per heavy atom. The second-order valence-corrected chi connectivity index (χ2v) is 8.72. The van der Waals surface area contributed by atoms with E-state index in [4.69, 9.17) is 0 Å².